The molecule has 0 aromatic carbocycles. The maximum absolute atomic E-state index is 13.9. The number of alkyl halides is 1. The van der Waals surface area contributed by atoms with Crippen molar-refractivity contribution in [2.24, 2.45) is 0 Å². The summed E-state index contributed by atoms with van der Waals surface area (Å²) >= 11 is 0. The van der Waals surface area contributed by atoms with Gasteiger partial charge in [-0.3, -0.25) is 9.69 Å². The van der Waals surface area contributed by atoms with E-state index in [-0.39, 0.29) is 18.6 Å². The van der Waals surface area contributed by atoms with Crippen molar-refractivity contribution in [2.75, 3.05) is 27.2 Å². The summed E-state index contributed by atoms with van der Waals surface area (Å²) in [6, 6.07) is 0. The number of halogens is 1. The Labute approximate surface area is 84.9 Å². The quantitative estimate of drug-likeness (QED) is 0.630. The highest BCUT2D eigenvalue weighted by Crippen LogP contribution is 2.32. The van der Waals surface area contributed by atoms with Gasteiger partial charge >= 0.3 is 0 Å². The van der Waals surface area contributed by atoms with Crippen molar-refractivity contribution in [1.82, 2.24) is 9.80 Å². The van der Waals surface area contributed by atoms with Crippen molar-refractivity contribution in [3.8, 4) is 0 Å². The first-order valence-electron chi connectivity index (χ1n) is 4.82. The molecule has 0 aliphatic carbocycles. The molecule has 0 N–H and O–H groups in total. The lowest BCUT2D eigenvalue weighted by Crippen LogP contribution is -2.69. The van der Waals surface area contributed by atoms with E-state index < -0.39 is 11.6 Å². The monoisotopic (exact) mass is 202 g/mol. The highest BCUT2D eigenvalue weighted by molar-refractivity contribution is 5.86. The molecule has 0 bridgehead atoms. The summed E-state index contributed by atoms with van der Waals surface area (Å²) in [5.74, 6) is -0.419. The first-order chi connectivity index (χ1) is 6.17. The normalized spacial score (nSPS) is 21.6. The van der Waals surface area contributed by atoms with Crippen LogP contribution in [-0.2, 0) is 4.79 Å². The zero-order valence-electron chi connectivity index (χ0n) is 9.59. The lowest BCUT2D eigenvalue weighted by molar-refractivity contribution is -0.159. The Bertz CT molecular complexity index is 239. The number of hydrogen-bond donors (Lipinski definition) is 0. The SMILES string of the molecule is CN(C)C(=O)C1(F)CN(C(C)(C)C)C1. The molecule has 4 heteroatoms. The summed E-state index contributed by atoms with van der Waals surface area (Å²) in [4.78, 5) is 14.7. The third-order valence-electron chi connectivity index (χ3n) is 2.62. The molecule has 82 valence electrons. The van der Waals surface area contributed by atoms with E-state index in [2.05, 4.69) is 0 Å². The minimum atomic E-state index is -1.66. The molecule has 1 aliphatic heterocycles. The summed E-state index contributed by atoms with van der Waals surface area (Å²) in [5, 5.41) is 0. The van der Waals surface area contributed by atoms with Crippen LogP contribution in [-0.4, -0.2) is 54.1 Å². The number of carbonyl (C=O) groups excluding carboxylic acids is 1. The van der Waals surface area contributed by atoms with Crippen LogP contribution in [0.5, 0.6) is 0 Å². The first-order valence-corrected chi connectivity index (χ1v) is 4.82. The van der Waals surface area contributed by atoms with Gasteiger partial charge in [0.05, 0.1) is 0 Å². The lowest BCUT2D eigenvalue weighted by Gasteiger charge is -2.50. The van der Waals surface area contributed by atoms with E-state index >= 15 is 0 Å². The summed E-state index contributed by atoms with van der Waals surface area (Å²) < 4.78 is 13.9. The fourth-order valence-electron chi connectivity index (χ4n) is 1.57. The molecular formula is C10H19FN2O. The van der Waals surface area contributed by atoms with Crippen LogP contribution in [0, 0.1) is 0 Å². The van der Waals surface area contributed by atoms with Gasteiger partial charge in [-0.25, -0.2) is 4.39 Å². The molecular weight excluding hydrogens is 183 g/mol. The standard InChI is InChI=1S/C10H19FN2O/c1-9(2,3)13-6-10(11,7-13)8(14)12(4)5/h6-7H2,1-5H3. The zero-order valence-corrected chi connectivity index (χ0v) is 9.59. The Kier molecular flexibility index (Phi) is 2.61. The number of amides is 1. The maximum Gasteiger partial charge on any atom is 0.262 e. The number of hydrogen-bond acceptors (Lipinski definition) is 2. The van der Waals surface area contributed by atoms with Crippen molar-refractivity contribution in [2.45, 2.75) is 32.0 Å². The van der Waals surface area contributed by atoms with Gasteiger partial charge < -0.3 is 4.90 Å². The van der Waals surface area contributed by atoms with Gasteiger partial charge in [-0.15, -0.1) is 0 Å². The fraction of sp³-hybridized carbons (Fsp3) is 0.900. The Morgan fingerprint density at radius 3 is 2.07 bits per heavy atom. The second-order valence-electron chi connectivity index (χ2n) is 5.19. The molecule has 1 aliphatic rings. The van der Waals surface area contributed by atoms with E-state index in [1.165, 1.54) is 4.90 Å². The third kappa shape index (κ3) is 1.90. The van der Waals surface area contributed by atoms with Crippen LogP contribution in [0.1, 0.15) is 20.8 Å². The van der Waals surface area contributed by atoms with E-state index in [9.17, 15) is 9.18 Å². The molecule has 3 nitrogen and oxygen atoms in total. The molecule has 0 atom stereocenters. The largest absolute Gasteiger partial charge is 0.346 e. The molecule has 1 rings (SSSR count). The number of likely N-dealkylation sites (tertiary alicyclic amines) is 1. The van der Waals surface area contributed by atoms with E-state index in [1.54, 1.807) is 14.1 Å². The average Bonchev–Trinajstić information content (AvgIpc) is 1.95. The van der Waals surface area contributed by atoms with Gasteiger partial charge in [-0.2, -0.15) is 0 Å². The molecule has 14 heavy (non-hydrogen) atoms. The minimum Gasteiger partial charge on any atom is -0.346 e. The molecule has 1 fully saturated rings. The predicted molar refractivity (Wildman–Crippen MR) is 53.9 cm³/mol. The summed E-state index contributed by atoms with van der Waals surface area (Å²) in [6.45, 7) is 6.49. The van der Waals surface area contributed by atoms with Gasteiger partial charge in [0.1, 0.15) is 0 Å². The van der Waals surface area contributed by atoms with E-state index in [0.717, 1.165) is 0 Å². The summed E-state index contributed by atoms with van der Waals surface area (Å²) in [5.41, 5.74) is -1.71. The lowest BCUT2D eigenvalue weighted by atomic mass is 9.89. The second kappa shape index (κ2) is 3.19. The van der Waals surface area contributed by atoms with Crippen molar-refractivity contribution in [1.29, 1.82) is 0 Å². The topological polar surface area (TPSA) is 23.6 Å². The van der Waals surface area contributed by atoms with Gasteiger partial charge in [-0.1, -0.05) is 0 Å². The van der Waals surface area contributed by atoms with Crippen molar-refractivity contribution in [3.05, 3.63) is 0 Å². The van der Waals surface area contributed by atoms with E-state index in [4.69, 9.17) is 0 Å². The van der Waals surface area contributed by atoms with Crippen LogP contribution in [0.3, 0.4) is 0 Å². The molecule has 1 saturated heterocycles. The number of rotatable bonds is 1. The van der Waals surface area contributed by atoms with E-state index in [1.807, 2.05) is 25.7 Å². The highest BCUT2D eigenvalue weighted by Gasteiger charge is 2.53. The van der Waals surface area contributed by atoms with E-state index in [0.29, 0.717) is 0 Å². The predicted octanol–water partition coefficient (Wildman–Crippen LogP) is 0.897. The molecule has 0 saturated carbocycles. The Morgan fingerprint density at radius 2 is 1.79 bits per heavy atom. The Morgan fingerprint density at radius 1 is 1.36 bits per heavy atom. The number of nitrogens with zero attached hydrogens (tertiary/aromatic N) is 2. The third-order valence-corrected chi connectivity index (χ3v) is 2.62. The molecule has 1 heterocycles. The van der Waals surface area contributed by atoms with Crippen molar-refractivity contribution >= 4 is 5.91 Å². The van der Waals surface area contributed by atoms with Gasteiger partial charge in [-0.05, 0) is 20.8 Å². The molecule has 0 spiro atoms. The Hall–Kier alpha value is -0.640. The van der Waals surface area contributed by atoms with Gasteiger partial charge in [0, 0.05) is 32.7 Å². The van der Waals surface area contributed by atoms with Crippen LogP contribution in [0.2, 0.25) is 0 Å². The van der Waals surface area contributed by atoms with Crippen molar-refractivity contribution < 1.29 is 9.18 Å². The van der Waals surface area contributed by atoms with Crippen LogP contribution >= 0.6 is 0 Å². The van der Waals surface area contributed by atoms with Crippen molar-refractivity contribution in [3.63, 3.8) is 0 Å². The van der Waals surface area contributed by atoms with Crippen LogP contribution in [0.4, 0.5) is 4.39 Å². The minimum absolute atomic E-state index is 0.0534. The van der Waals surface area contributed by atoms with Crippen LogP contribution in [0.25, 0.3) is 0 Å². The summed E-state index contributed by atoms with van der Waals surface area (Å²) in [7, 11) is 3.17. The number of carbonyl (C=O) groups is 1. The molecule has 0 radical (unpaired) electrons. The summed E-state index contributed by atoms with van der Waals surface area (Å²) in [6.07, 6.45) is 0. The van der Waals surface area contributed by atoms with Gasteiger partial charge in [0.25, 0.3) is 5.91 Å². The first kappa shape index (κ1) is 11.4. The smallest absolute Gasteiger partial charge is 0.262 e. The van der Waals surface area contributed by atoms with Gasteiger partial charge in [0.15, 0.2) is 0 Å². The van der Waals surface area contributed by atoms with Crippen LogP contribution in [0.15, 0.2) is 0 Å². The molecule has 0 aromatic rings. The molecule has 1 amide bonds. The fourth-order valence-corrected chi connectivity index (χ4v) is 1.57. The second-order valence-corrected chi connectivity index (χ2v) is 5.19. The van der Waals surface area contributed by atoms with Gasteiger partial charge in [0.2, 0.25) is 5.67 Å². The van der Waals surface area contributed by atoms with Crippen LogP contribution < -0.4 is 0 Å². The zero-order chi connectivity index (χ0) is 11.1. The molecule has 0 unspecified atom stereocenters. The Balaban J connectivity index is 2.58. The highest BCUT2D eigenvalue weighted by atomic mass is 19.1. The maximum atomic E-state index is 13.9. The average molecular weight is 202 g/mol. The molecule has 0 aromatic heterocycles.